The van der Waals surface area contributed by atoms with E-state index in [0.29, 0.717) is 17.1 Å². The molecule has 7 heteroatoms. The van der Waals surface area contributed by atoms with Gasteiger partial charge in [-0.25, -0.2) is 4.39 Å². The second kappa shape index (κ2) is 6.87. The van der Waals surface area contributed by atoms with Crippen molar-refractivity contribution < 1.29 is 9.18 Å². The van der Waals surface area contributed by atoms with Crippen molar-refractivity contribution in [2.24, 2.45) is 0 Å². The molecule has 122 valence electrons. The highest BCUT2D eigenvalue weighted by atomic mass is 19.1. The lowest BCUT2D eigenvalue weighted by Gasteiger charge is -2.10. The fourth-order valence-electron chi connectivity index (χ4n) is 2.82. The number of aryl methyl sites for hydroxylation is 1. The Kier molecular flexibility index (Phi) is 4.66. The van der Waals surface area contributed by atoms with Crippen LogP contribution < -0.4 is 10.6 Å². The number of carbonyl (C=O) groups excluding carboxylic acids is 1. The van der Waals surface area contributed by atoms with Crippen LogP contribution in [0.25, 0.3) is 11.4 Å². The van der Waals surface area contributed by atoms with Crippen LogP contribution in [0.1, 0.15) is 25.1 Å². The molecule has 0 fully saturated rings. The number of nitrogens with zero attached hydrogens (tertiary/aromatic N) is 3. The zero-order valence-corrected chi connectivity index (χ0v) is 13.1. The molecule has 6 nitrogen and oxygen atoms in total. The zero-order valence-electron chi connectivity index (χ0n) is 13.1. The lowest BCUT2D eigenvalue weighted by atomic mass is 10.1. The van der Waals surface area contributed by atoms with E-state index in [0.717, 1.165) is 38.1 Å². The molecule has 1 amide bonds. The third-order valence-corrected chi connectivity index (χ3v) is 3.94. The summed E-state index contributed by atoms with van der Waals surface area (Å²) in [4.78, 5) is 11.7. The maximum absolute atomic E-state index is 14.3. The van der Waals surface area contributed by atoms with Crippen molar-refractivity contribution in [1.82, 2.24) is 20.1 Å². The predicted octanol–water partition coefficient (Wildman–Crippen LogP) is 1.97. The average molecular weight is 317 g/mol. The van der Waals surface area contributed by atoms with E-state index in [1.165, 1.54) is 6.07 Å². The van der Waals surface area contributed by atoms with E-state index in [2.05, 4.69) is 20.8 Å². The predicted molar refractivity (Wildman–Crippen MR) is 85.5 cm³/mol. The van der Waals surface area contributed by atoms with Gasteiger partial charge in [0, 0.05) is 18.7 Å². The quantitative estimate of drug-likeness (QED) is 0.904. The molecule has 0 spiro atoms. The Morgan fingerprint density at radius 2 is 2.17 bits per heavy atom. The topological polar surface area (TPSA) is 71.8 Å². The van der Waals surface area contributed by atoms with Crippen molar-refractivity contribution in [3.05, 3.63) is 29.8 Å². The molecule has 0 saturated carbocycles. The van der Waals surface area contributed by atoms with Crippen LogP contribution >= 0.6 is 0 Å². The first-order valence-corrected chi connectivity index (χ1v) is 7.85. The molecule has 23 heavy (non-hydrogen) atoms. The summed E-state index contributed by atoms with van der Waals surface area (Å²) in [6, 6.07) is 4.51. The summed E-state index contributed by atoms with van der Waals surface area (Å²) in [7, 11) is 1.70. The number of benzene rings is 1. The summed E-state index contributed by atoms with van der Waals surface area (Å²) in [6.07, 6.45) is 4.14. The molecule has 0 unspecified atom stereocenters. The number of nitrogens with one attached hydrogen (secondary N) is 2. The summed E-state index contributed by atoms with van der Waals surface area (Å²) >= 11 is 0. The average Bonchev–Trinajstić information content (AvgIpc) is 2.78. The third-order valence-electron chi connectivity index (χ3n) is 3.94. The van der Waals surface area contributed by atoms with E-state index >= 15 is 0 Å². The molecule has 1 aromatic heterocycles. The number of likely N-dealkylation sites (N-methyl/N-ethyl adjacent to an activating group) is 1. The Morgan fingerprint density at radius 3 is 3.00 bits per heavy atom. The second-order valence-corrected chi connectivity index (χ2v) is 5.68. The second-order valence-electron chi connectivity index (χ2n) is 5.68. The van der Waals surface area contributed by atoms with Gasteiger partial charge in [0.1, 0.15) is 11.6 Å². The van der Waals surface area contributed by atoms with E-state index in [-0.39, 0.29) is 18.3 Å². The summed E-state index contributed by atoms with van der Waals surface area (Å²) in [5.74, 6) is 0.895. The van der Waals surface area contributed by atoms with Crippen molar-refractivity contribution in [2.75, 3.05) is 18.9 Å². The van der Waals surface area contributed by atoms with E-state index in [1.807, 2.05) is 4.57 Å². The van der Waals surface area contributed by atoms with Crippen molar-refractivity contribution >= 4 is 11.6 Å². The number of hydrogen-bond acceptors (Lipinski definition) is 4. The van der Waals surface area contributed by atoms with Crippen LogP contribution in [0.3, 0.4) is 0 Å². The van der Waals surface area contributed by atoms with Crippen molar-refractivity contribution in [2.45, 2.75) is 32.2 Å². The Bertz CT molecular complexity index is 712. The van der Waals surface area contributed by atoms with Crippen LogP contribution in [0.15, 0.2) is 18.2 Å². The van der Waals surface area contributed by atoms with E-state index < -0.39 is 0 Å². The number of carbonyl (C=O) groups is 1. The minimum Gasteiger partial charge on any atom is -0.325 e. The van der Waals surface area contributed by atoms with Crippen molar-refractivity contribution in [1.29, 1.82) is 0 Å². The molecular formula is C16H20FN5O. The van der Waals surface area contributed by atoms with Crippen LogP contribution in [0, 0.1) is 5.82 Å². The molecule has 1 aromatic carbocycles. The molecule has 2 aromatic rings. The van der Waals surface area contributed by atoms with Crippen LogP contribution in [0.5, 0.6) is 0 Å². The summed E-state index contributed by atoms with van der Waals surface area (Å²) in [5, 5.41) is 13.9. The van der Waals surface area contributed by atoms with Gasteiger partial charge >= 0.3 is 0 Å². The fraction of sp³-hybridized carbons (Fsp3) is 0.438. The summed E-state index contributed by atoms with van der Waals surface area (Å²) < 4.78 is 16.3. The maximum Gasteiger partial charge on any atom is 0.238 e. The van der Waals surface area contributed by atoms with Gasteiger partial charge in [-0.05, 0) is 38.1 Å². The monoisotopic (exact) mass is 317 g/mol. The first-order chi connectivity index (χ1) is 11.2. The molecule has 0 radical (unpaired) electrons. The van der Waals surface area contributed by atoms with Crippen LogP contribution in [-0.4, -0.2) is 34.3 Å². The third kappa shape index (κ3) is 3.39. The largest absolute Gasteiger partial charge is 0.325 e. The van der Waals surface area contributed by atoms with Crippen LogP contribution in [0.2, 0.25) is 0 Å². The Morgan fingerprint density at radius 1 is 1.30 bits per heavy atom. The van der Waals surface area contributed by atoms with Gasteiger partial charge in [0.2, 0.25) is 5.91 Å². The van der Waals surface area contributed by atoms with E-state index in [9.17, 15) is 9.18 Å². The van der Waals surface area contributed by atoms with Gasteiger partial charge in [-0.3, -0.25) is 4.79 Å². The number of aromatic nitrogens is 3. The van der Waals surface area contributed by atoms with Gasteiger partial charge in [-0.1, -0.05) is 6.42 Å². The number of halogens is 1. The first kappa shape index (κ1) is 15.6. The summed E-state index contributed by atoms with van der Waals surface area (Å²) in [6.45, 7) is 1.00. The fourth-order valence-corrected chi connectivity index (χ4v) is 2.82. The molecule has 1 aliphatic rings. The Labute approximate surface area is 134 Å². The van der Waals surface area contributed by atoms with Crippen molar-refractivity contribution in [3.8, 4) is 11.4 Å². The Hall–Kier alpha value is -2.28. The number of rotatable bonds is 4. The van der Waals surface area contributed by atoms with Gasteiger partial charge in [0.25, 0.3) is 0 Å². The first-order valence-electron chi connectivity index (χ1n) is 7.85. The summed E-state index contributed by atoms with van der Waals surface area (Å²) in [5.41, 5.74) is 0.917. The SMILES string of the molecule is CNCC(=O)Nc1ccc(F)c(-c2nnc3n2CCCCC3)c1. The van der Waals surface area contributed by atoms with Gasteiger partial charge < -0.3 is 15.2 Å². The molecule has 1 aliphatic heterocycles. The van der Waals surface area contributed by atoms with Gasteiger partial charge in [0.05, 0.1) is 12.1 Å². The normalized spacial score (nSPS) is 14.2. The van der Waals surface area contributed by atoms with Crippen LogP contribution in [-0.2, 0) is 17.8 Å². The van der Waals surface area contributed by atoms with E-state index in [1.54, 1.807) is 19.2 Å². The lowest BCUT2D eigenvalue weighted by molar-refractivity contribution is -0.115. The van der Waals surface area contributed by atoms with Crippen LogP contribution in [0.4, 0.5) is 10.1 Å². The highest BCUT2D eigenvalue weighted by Gasteiger charge is 2.19. The minimum absolute atomic E-state index is 0.176. The number of anilines is 1. The molecule has 0 atom stereocenters. The highest BCUT2D eigenvalue weighted by Crippen LogP contribution is 2.27. The smallest absolute Gasteiger partial charge is 0.238 e. The van der Waals surface area contributed by atoms with Gasteiger partial charge in [0.15, 0.2) is 5.82 Å². The number of amides is 1. The molecule has 2 N–H and O–H groups in total. The van der Waals surface area contributed by atoms with E-state index in [4.69, 9.17) is 0 Å². The Balaban J connectivity index is 1.93. The molecule has 0 saturated heterocycles. The highest BCUT2D eigenvalue weighted by molar-refractivity contribution is 5.92. The maximum atomic E-state index is 14.3. The lowest BCUT2D eigenvalue weighted by Crippen LogP contribution is -2.25. The molecule has 0 bridgehead atoms. The molecule has 3 rings (SSSR count). The van der Waals surface area contributed by atoms with Crippen molar-refractivity contribution in [3.63, 3.8) is 0 Å². The number of hydrogen-bond donors (Lipinski definition) is 2. The van der Waals surface area contributed by atoms with Gasteiger partial charge in [-0.2, -0.15) is 0 Å². The minimum atomic E-state index is -0.365. The molecule has 2 heterocycles. The van der Waals surface area contributed by atoms with Gasteiger partial charge in [-0.15, -0.1) is 10.2 Å². The standard InChI is InChI=1S/C16H20FN5O/c1-18-10-15(23)19-11-6-7-13(17)12(9-11)16-21-20-14-5-3-2-4-8-22(14)16/h6-7,9,18H,2-5,8,10H2,1H3,(H,19,23). The molecular weight excluding hydrogens is 297 g/mol. The number of fused-ring (bicyclic) bond motifs is 1. The zero-order chi connectivity index (χ0) is 16.2. The molecule has 0 aliphatic carbocycles.